The zero-order chi connectivity index (χ0) is 49.1. The molecule has 0 unspecified atom stereocenters. The predicted octanol–water partition coefficient (Wildman–Crippen LogP) is 19.9. The minimum Gasteiger partial charge on any atom is -0.452 e. The van der Waals surface area contributed by atoms with E-state index in [-0.39, 0.29) is 21.7 Å². The Morgan fingerprint density at radius 1 is 0.271 bits per heavy atom. The second-order valence-corrected chi connectivity index (χ2v) is 23.6. The highest BCUT2D eigenvalue weighted by molar-refractivity contribution is 6.21. The molecule has 0 atom stereocenters. The molecule has 0 aliphatic carbocycles. The van der Waals surface area contributed by atoms with Gasteiger partial charge in [0, 0.05) is 55.7 Å². The molecule has 4 heteroatoms. The number of fused-ring (bicyclic) bond motifs is 9. The summed E-state index contributed by atoms with van der Waals surface area (Å²) in [5.41, 5.74) is 15.2. The van der Waals surface area contributed by atoms with Gasteiger partial charge < -0.3 is 18.6 Å². The lowest BCUT2D eigenvalue weighted by Gasteiger charge is -2.29. The molecule has 4 nitrogen and oxygen atoms in total. The molecule has 350 valence electrons. The van der Waals surface area contributed by atoms with Crippen LogP contribution in [0.2, 0.25) is 0 Å². The highest BCUT2D eigenvalue weighted by Gasteiger charge is 2.24. The summed E-state index contributed by atoms with van der Waals surface area (Å²) in [5, 5.41) is 8.77. The lowest BCUT2D eigenvalue weighted by atomic mass is 9.86. The van der Waals surface area contributed by atoms with E-state index in [0.29, 0.717) is 0 Å². The van der Waals surface area contributed by atoms with Crippen LogP contribution in [0.3, 0.4) is 0 Å². The van der Waals surface area contributed by atoms with Crippen LogP contribution < -0.4 is 9.80 Å². The van der Waals surface area contributed by atoms with Gasteiger partial charge in [-0.05, 0) is 175 Å². The first-order valence-corrected chi connectivity index (χ1v) is 24.9. The molecule has 0 saturated heterocycles. The van der Waals surface area contributed by atoms with Gasteiger partial charge in [0.25, 0.3) is 0 Å². The number of hydrogen-bond donors (Lipinski definition) is 0. The van der Waals surface area contributed by atoms with E-state index >= 15 is 0 Å². The summed E-state index contributed by atoms with van der Waals surface area (Å²) in [4.78, 5) is 4.75. The zero-order valence-corrected chi connectivity index (χ0v) is 42.9. The van der Waals surface area contributed by atoms with Gasteiger partial charge in [0.1, 0.15) is 11.2 Å². The molecule has 0 radical (unpaired) electrons. The highest BCUT2D eigenvalue weighted by atomic mass is 16.4. The first-order chi connectivity index (χ1) is 33.2. The maximum atomic E-state index is 6.87. The van der Waals surface area contributed by atoms with Crippen LogP contribution in [0.25, 0.3) is 65.4 Å². The Balaban J connectivity index is 1.01. The molecular weight excluding hydrogens is 853 g/mol. The zero-order valence-electron chi connectivity index (χ0n) is 42.9. The summed E-state index contributed by atoms with van der Waals surface area (Å²) in [6.07, 6.45) is 0. The van der Waals surface area contributed by atoms with Crippen LogP contribution in [0.1, 0.15) is 105 Å². The molecule has 11 aromatic rings. The normalized spacial score (nSPS) is 12.9. The summed E-state index contributed by atoms with van der Waals surface area (Å²) in [7, 11) is 0. The third-order valence-electron chi connectivity index (χ3n) is 14.4. The van der Waals surface area contributed by atoms with Gasteiger partial charge in [-0.25, -0.2) is 0 Å². The van der Waals surface area contributed by atoms with Crippen LogP contribution in [0.15, 0.2) is 179 Å². The molecule has 2 heterocycles. The standard InChI is InChI=1S/C66H64N2O2/c1-63(2,3)45-21-27-49(28-22-45)67(51-17-13-15-47(39-51)65(7,8)9)53-25-19-41-35-57-55-31-32-56-58-36-42-20-26-54(34-44(42)38-60(58)70-62(56)61(55)69-59(57)37-43(41)33-53)68(50-29-23-46(24-30-50)64(4,5)6)52-18-14-16-48(40-52)66(10,11)12/h13-40H,1-12H3. The minimum absolute atomic E-state index is 0.0115. The summed E-state index contributed by atoms with van der Waals surface area (Å²) in [6, 6.07) is 62.9. The van der Waals surface area contributed by atoms with Gasteiger partial charge in [0.05, 0.1) is 0 Å². The molecule has 0 fully saturated rings. The van der Waals surface area contributed by atoms with Crippen LogP contribution in [0.5, 0.6) is 0 Å². The fourth-order valence-electron chi connectivity index (χ4n) is 10.1. The van der Waals surface area contributed by atoms with Gasteiger partial charge in [-0.15, -0.1) is 0 Å². The summed E-state index contributed by atoms with van der Waals surface area (Å²) in [6.45, 7) is 27.2. The molecule has 2 aromatic heterocycles. The summed E-state index contributed by atoms with van der Waals surface area (Å²) >= 11 is 0. The Morgan fingerprint density at radius 3 is 0.971 bits per heavy atom. The Labute approximate surface area is 413 Å². The van der Waals surface area contributed by atoms with E-state index in [4.69, 9.17) is 8.83 Å². The Bertz CT molecular complexity index is 3550. The van der Waals surface area contributed by atoms with E-state index in [9.17, 15) is 0 Å². The van der Waals surface area contributed by atoms with Crippen LogP contribution >= 0.6 is 0 Å². The molecular formula is C66H64N2O2. The largest absolute Gasteiger partial charge is 0.452 e. The van der Waals surface area contributed by atoms with E-state index in [1.807, 2.05) is 0 Å². The smallest absolute Gasteiger partial charge is 0.178 e. The molecule has 70 heavy (non-hydrogen) atoms. The maximum absolute atomic E-state index is 6.87. The second-order valence-electron chi connectivity index (χ2n) is 23.6. The molecule has 0 aliphatic heterocycles. The number of anilines is 6. The van der Waals surface area contributed by atoms with Crippen molar-refractivity contribution in [3.63, 3.8) is 0 Å². The second kappa shape index (κ2) is 16.1. The summed E-state index contributed by atoms with van der Waals surface area (Å²) in [5.74, 6) is 0. The van der Waals surface area contributed by atoms with Crippen molar-refractivity contribution in [3.05, 3.63) is 192 Å². The van der Waals surface area contributed by atoms with Crippen molar-refractivity contribution >= 4 is 99.5 Å². The average molecular weight is 917 g/mol. The van der Waals surface area contributed by atoms with Crippen LogP contribution in [-0.4, -0.2) is 0 Å². The lowest BCUT2D eigenvalue weighted by Crippen LogP contribution is -2.15. The fraction of sp³-hybridized carbons (Fsp3) is 0.242. The van der Waals surface area contributed by atoms with Crippen LogP contribution in [0, 0.1) is 0 Å². The molecule has 0 aliphatic rings. The Hall–Kier alpha value is -7.30. The highest BCUT2D eigenvalue weighted by Crippen LogP contribution is 2.45. The van der Waals surface area contributed by atoms with Crippen molar-refractivity contribution in [1.82, 2.24) is 0 Å². The molecule has 0 saturated carbocycles. The van der Waals surface area contributed by atoms with Gasteiger partial charge in [-0.1, -0.05) is 144 Å². The van der Waals surface area contributed by atoms with E-state index in [1.54, 1.807) is 0 Å². The van der Waals surface area contributed by atoms with E-state index in [2.05, 4.69) is 263 Å². The molecule has 0 amide bonds. The topological polar surface area (TPSA) is 32.8 Å². The van der Waals surface area contributed by atoms with Gasteiger partial charge in [-0.2, -0.15) is 0 Å². The molecule has 0 N–H and O–H groups in total. The Morgan fingerprint density at radius 2 is 0.614 bits per heavy atom. The van der Waals surface area contributed by atoms with Crippen molar-refractivity contribution in [2.45, 2.75) is 105 Å². The number of rotatable bonds is 6. The number of furan rings is 2. The van der Waals surface area contributed by atoms with Gasteiger partial charge >= 0.3 is 0 Å². The van der Waals surface area contributed by atoms with Gasteiger partial charge in [0.15, 0.2) is 11.2 Å². The fourth-order valence-corrected chi connectivity index (χ4v) is 10.1. The predicted molar refractivity (Wildman–Crippen MR) is 300 cm³/mol. The quantitative estimate of drug-likeness (QED) is 0.166. The number of hydrogen-bond acceptors (Lipinski definition) is 4. The van der Waals surface area contributed by atoms with Crippen molar-refractivity contribution in [3.8, 4) is 0 Å². The third-order valence-corrected chi connectivity index (χ3v) is 14.4. The third kappa shape index (κ3) is 8.07. The molecule has 11 rings (SSSR count). The monoisotopic (exact) mass is 916 g/mol. The SMILES string of the molecule is CC(C)(C)c1ccc(N(c2cccc(C(C)(C)C)c2)c2ccc3cc4c(cc3c2)oc2c4ccc3c4cc5ccc(N(c6ccc(C(C)(C)C)cc6)c6cccc(C(C)(C)C)c6)cc5cc4oc32)cc1. The van der Waals surface area contributed by atoms with Crippen LogP contribution in [0.4, 0.5) is 34.1 Å². The van der Waals surface area contributed by atoms with Crippen molar-refractivity contribution in [2.24, 2.45) is 0 Å². The lowest BCUT2D eigenvalue weighted by molar-refractivity contribution is 0.590. The average Bonchev–Trinajstić information content (AvgIpc) is 3.87. The van der Waals surface area contributed by atoms with E-state index < -0.39 is 0 Å². The van der Waals surface area contributed by atoms with E-state index in [0.717, 1.165) is 99.5 Å². The Kier molecular flexibility index (Phi) is 10.4. The summed E-state index contributed by atoms with van der Waals surface area (Å²) < 4.78 is 13.7. The minimum atomic E-state index is 0.0115. The molecule has 9 aromatic carbocycles. The first-order valence-electron chi connectivity index (χ1n) is 24.9. The van der Waals surface area contributed by atoms with E-state index in [1.165, 1.54) is 22.3 Å². The molecule has 0 bridgehead atoms. The van der Waals surface area contributed by atoms with Crippen molar-refractivity contribution in [1.29, 1.82) is 0 Å². The maximum Gasteiger partial charge on any atom is 0.178 e. The number of nitrogens with zero attached hydrogens (tertiary/aromatic N) is 2. The first kappa shape index (κ1) is 45.2. The van der Waals surface area contributed by atoms with Crippen molar-refractivity contribution < 1.29 is 8.83 Å². The number of benzene rings is 9. The van der Waals surface area contributed by atoms with Crippen LogP contribution in [-0.2, 0) is 21.7 Å². The van der Waals surface area contributed by atoms with Gasteiger partial charge in [0.2, 0.25) is 0 Å². The van der Waals surface area contributed by atoms with Gasteiger partial charge in [-0.3, -0.25) is 0 Å². The van der Waals surface area contributed by atoms with Crippen molar-refractivity contribution in [2.75, 3.05) is 9.80 Å². The molecule has 0 spiro atoms.